The van der Waals surface area contributed by atoms with E-state index in [4.69, 9.17) is 10.00 Å². The number of nitrogens with zero attached hydrogens (tertiary/aromatic N) is 1. The summed E-state index contributed by atoms with van der Waals surface area (Å²) in [6, 6.07) is 10.4. The number of benzene rings is 1. The minimum atomic E-state index is 0.0987. The summed E-state index contributed by atoms with van der Waals surface area (Å²) in [5, 5.41) is 12.0. The average Bonchev–Trinajstić information content (AvgIpc) is 2.44. The van der Waals surface area contributed by atoms with Crippen molar-refractivity contribution < 1.29 is 4.74 Å². The van der Waals surface area contributed by atoms with Gasteiger partial charge in [-0.1, -0.05) is 19.1 Å². The minimum absolute atomic E-state index is 0.0987. The Balaban J connectivity index is 2.34. The molecule has 1 rings (SSSR count). The highest BCUT2D eigenvalue weighted by Gasteiger charge is 2.02. The molecular formula is C15H22N2OS. The zero-order valence-electron chi connectivity index (χ0n) is 11.7. The molecule has 1 aromatic rings. The van der Waals surface area contributed by atoms with E-state index in [1.54, 1.807) is 0 Å². The SMILES string of the molecule is CCSCCC(C)NCc1cccc(OCC#N)c1. The molecule has 0 saturated heterocycles. The highest BCUT2D eigenvalue weighted by molar-refractivity contribution is 7.99. The summed E-state index contributed by atoms with van der Waals surface area (Å²) in [6.45, 7) is 5.34. The lowest BCUT2D eigenvalue weighted by Gasteiger charge is -2.13. The average molecular weight is 278 g/mol. The lowest BCUT2D eigenvalue weighted by atomic mass is 10.2. The van der Waals surface area contributed by atoms with E-state index in [9.17, 15) is 0 Å². The molecule has 0 heterocycles. The van der Waals surface area contributed by atoms with Crippen LogP contribution in [-0.2, 0) is 6.54 Å². The third-order valence-corrected chi connectivity index (χ3v) is 3.69. The third kappa shape index (κ3) is 7.09. The zero-order valence-corrected chi connectivity index (χ0v) is 12.5. The van der Waals surface area contributed by atoms with Crippen molar-refractivity contribution in [3.05, 3.63) is 29.8 Å². The summed E-state index contributed by atoms with van der Waals surface area (Å²) in [5.41, 5.74) is 1.19. The number of rotatable bonds is 9. The first-order valence-electron chi connectivity index (χ1n) is 6.66. The summed E-state index contributed by atoms with van der Waals surface area (Å²) in [7, 11) is 0. The van der Waals surface area contributed by atoms with Crippen LogP contribution in [0.2, 0.25) is 0 Å². The number of hydrogen-bond donors (Lipinski definition) is 1. The minimum Gasteiger partial charge on any atom is -0.479 e. The molecule has 0 radical (unpaired) electrons. The van der Waals surface area contributed by atoms with Crippen LogP contribution < -0.4 is 10.1 Å². The molecule has 0 spiro atoms. The van der Waals surface area contributed by atoms with E-state index in [1.165, 1.54) is 23.5 Å². The van der Waals surface area contributed by atoms with Crippen LogP contribution in [0, 0.1) is 11.3 Å². The van der Waals surface area contributed by atoms with Crippen molar-refractivity contribution >= 4 is 11.8 Å². The van der Waals surface area contributed by atoms with Gasteiger partial charge in [0.05, 0.1) is 0 Å². The van der Waals surface area contributed by atoms with Crippen LogP contribution >= 0.6 is 11.8 Å². The van der Waals surface area contributed by atoms with Crippen molar-refractivity contribution in [1.82, 2.24) is 5.32 Å². The second-order valence-electron chi connectivity index (χ2n) is 4.36. The van der Waals surface area contributed by atoms with Gasteiger partial charge in [-0.15, -0.1) is 0 Å². The van der Waals surface area contributed by atoms with Gasteiger partial charge in [0, 0.05) is 12.6 Å². The quantitative estimate of drug-likeness (QED) is 0.705. The molecule has 0 fully saturated rings. The number of nitriles is 1. The number of thioether (sulfide) groups is 1. The maximum Gasteiger partial charge on any atom is 0.174 e. The van der Waals surface area contributed by atoms with E-state index >= 15 is 0 Å². The van der Waals surface area contributed by atoms with Crippen molar-refractivity contribution in [3.8, 4) is 11.8 Å². The largest absolute Gasteiger partial charge is 0.479 e. The van der Waals surface area contributed by atoms with E-state index in [-0.39, 0.29) is 6.61 Å². The number of hydrogen-bond acceptors (Lipinski definition) is 4. The van der Waals surface area contributed by atoms with Crippen molar-refractivity contribution in [2.45, 2.75) is 32.9 Å². The number of ether oxygens (including phenoxy) is 1. The van der Waals surface area contributed by atoms with Crippen molar-refractivity contribution in [2.75, 3.05) is 18.1 Å². The van der Waals surface area contributed by atoms with Gasteiger partial charge in [0.25, 0.3) is 0 Å². The third-order valence-electron chi connectivity index (χ3n) is 2.76. The Labute approximate surface area is 120 Å². The van der Waals surface area contributed by atoms with Crippen LogP contribution in [-0.4, -0.2) is 24.2 Å². The summed E-state index contributed by atoms with van der Waals surface area (Å²) in [5.74, 6) is 3.15. The molecule has 0 aliphatic carbocycles. The molecule has 3 nitrogen and oxygen atoms in total. The summed E-state index contributed by atoms with van der Waals surface area (Å²) in [4.78, 5) is 0. The highest BCUT2D eigenvalue weighted by Crippen LogP contribution is 2.13. The van der Waals surface area contributed by atoms with E-state index in [0.29, 0.717) is 6.04 Å². The van der Waals surface area contributed by atoms with Gasteiger partial charge in [0.1, 0.15) is 11.8 Å². The van der Waals surface area contributed by atoms with Gasteiger partial charge in [-0.05, 0) is 42.5 Å². The molecule has 19 heavy (non-hydrogen) atoms. The summed E-state index contributed by atoms with van der Waals surface area (Å²) < 4.78 is 5.29. The molecule has 0 bridgehead atoms. The van der Waals surface area contributed by atoms with Crippen LogP contribution in [0.4, 0.5) is 0 Å². The maximum atomic E-state index is 8.49. The van der Waals surface area contributed by atoms with Crippen LogP contribution in [0.3, 0.4) is 0 Å². The van der Waals surface area contributed by atoms with Crippen molar-refractivity contribution in [2.24, 2.45) is 0 Å². The van der Waals surface area contributed by atoms with E-state index < -0.39 is 0 Å². The molecule has 1 unspecified atom stereocenters. The van der Waals surface area contributed by atoms with Gasteiger partial charge in [-0.25, -0.2) is 0 Å². The Bertz CT molecular complexity index is 403. The second-order valence-corrected chi connectivity index (χ2v) is 5.76. The lowest BCUT2D eigenvalue weighted by molar-refractivity contribution is 0.367. The normalized spacial score (nSPS) is 11.8. The second kappa shape index (κ2) is 9.71. The Morgan fingerprint density at radius 3 is 3.05 bits per heavy atom. The van der Waals surface area contributed by atoms with Gasteiger partial charge in [-0.3, -0.25) is 0 Å². The molecule has 4 heteroatoms. The summed E-state index contributed by atoms with van der Waals surface area (Å²) in [6.07, 6.45) is 1.18. The van der Waals surface area contributed by atoms with E-state index in [1.807, 2.05) is 36.0 Å². The molecule has 0 aliphatic rings. The maximum absolute atomic E-state index is 8.49. The molecule has 104 valence electrons. The van der Waals surface area contributed by atoms with Gasteiger partial charge in [0.15, 0.2) is 6.61 Å². The highest BCUT2D eigenvalue weighted by atomic mass is 32.2. The smallest absolute Gasteiger partial charge is 0.174 e. The van der Waals surface area contributed by atoms with Crippen molar-refractivity contribution in [3.63, 3.8) is 0 Å². The Kier molecular flexibility index (Phi) is 8.11. The molecule has 0 aromatic heterocycles. The van der Waals surface area contributed by atoms with E-state index in [0.717, 1.165) is 12.3 Å². The van der Waals surface area contributed by atoms with Gasteiger partial charge in [0.2, 0.25) is 0 Å². The summed E-state index contributed by atoms with van der Waals surface area (Å²) >= 11 is 1.98. The first-order valence-corrected chi connectivity index (χ1v) is 7.81. The topological polar surface area (TPSA) is 45.0 Å². The fourth-order valence-electron chi connectivity index (χ4n) is 1.66. The molecule has 1 aromatic carbocycles. The Morgan fingerprint density at radius 1 is 1.47 bits per heavy atom. The van der Waals surface area contributed by atoms with Gasteiger partial charge >= 0.3 is 0 Å². The van der Waals surface area contributed by atoms with Crippen LogP contribution in [0.5, 0.6) is 5.75 Å². The lowest BCUT2D eigenvalue weighted by Crippen LogP contribution is -2.26. The standard InChI is InChI=1S/C15H22N2OS/c1-3-19-10-7-13(2)17-12-14-5-4-6-15(11-14)18-9-8-16/h4-6,11,13,17H,3,7,9-10,12H2,1-2H3. The first kappa shape index (κ1) is 15.9. The molecule has 0 saturated carbocycles. The monoisotopic (exact) mass is 278 g/mol. The molecule has 0 aliphatic heterocycles. The van der Waals surface area contributed by atoms with Crippen LogP contribution in [0.1, 0.15) is 25.8 Å². The Hall–Kier alpha value is -1.18. The predicted octanol–water partition coefficient (Wildman–Crippen LogP) is 3.21. The zero-order chi connectivity index (χ0) is 13.9. The molecule has 1 N–H and O–H groups in total. The fourth-order valence-corrected chi connectivity index (χ4v) is 2.47. The van der Waals surface area contributed by atoms with Gasteiger partial charge in [-0.2, -0.15) is 17.0 Å². The number of nitrogens with one attached hydrogen (secondary N) is 1. The van der Waals surface area contributed by atoms with Gasteiger partial charge < -0.3 is 10.1 Å². The predicted molar refractivity (Wildman–Crippen MR) is 81.5 cm³/mol. The fraction of sp³-hybridized carbons (Fsp3) is 0.533. The van der Waals surface area contributed by atoms with Crippen LogP contribution in [0.25, 0.3) is 0 Å². The van der Waals surface area contributed by atoms with E-state index in [2.05, 4.69) is 25.2 Å². The molecule has 0 amide bonds. The Morgan fingerprint density at radius 2 is 2.32 bits per heavy atom. The first-order chi connectivity index (χ1) is 9.26. The molecular weight excluding hydrogens is 256 g/mol. The molecule has 1 atom stereocenters. The van der Waals surface area contributed by atoms with Crippen LogP contribution in [0.15, 0.2) is 24.3 Å². The van der Waals surface area contributed by atoms with Crippen molar-refractivity contribution in [1.29, 1.82) is 5.26 Å².